The van der Waals surface area contributed by atoms with Crippen LogP contribution in [0.2, 0.25) is 0 Å². The van der Waals surface area contributed by atoms with Crippen LogP contribution in [0.5, 0.6) is 0 Å². The zero-order valence-corrected chi connectivity index (χ0v) is 16.8. The molecule has 1 fully saturated rings. The molecule has 0 aliphatic heterocycles. The molecule has 0 unspecified atom stereocenters. The quantitative estimate of drug-likeness (QED) is 0.297. The van der Waals surface area contributed by atoms with Gasteiger partial charge in [-0.05, 0) is 37.7 Å². The zero-order valence-electron chi connectivity index (χ0n) is 16.0. The molecule has 2 aromatic rings. The molecule has 2 aromatic heterocycles. The fourth-order valence-electron chi connectivity index (χ4n) is 3.50. The summed E-state index contributed by atoms with van der Waals surface area (Å²) < 4.78 is 2.36. The third-order valence-corrected chi connectivity index (χ3v) is 5.51. The highest BCUT2D eigenvalue weighted by atomic mass is 32.2. The minimum absolute atomic E-state index is 0.494. The monoisotopic (exact) mass is 387 g/mol. The Labute approximate surface area is 165 Å². The molecule has 27 heavy (non-hydrogen) atoms. The summed E-state index contributed by atoms with van der Waals surface area (Å²) in [6.07, 6.45) is 11.6. The van der Waals surface area contributed by atoms with Crippen LogP contribution in [-0.2, 0) is 12.8 Å². The Hall–Kier alpha value is -2.09. The minimum atomic E-state index is 0.494. The SMILES string of the molecule is CSc1nnc(CCCN=C(N)NCCc2ccccn2)n1C1CCCC1. The Morgan fingerprint density at radius 1 is 1.30 bits per heavy atom. The van der Waals surface area contributed by atoms with Crippen LogP contribution in [0, 0.1) is 0 Å². The number of pyridine rings is 1. The second-order valence-corrected chi connectivity index (χ2v) is 7.55. The van der Waals surface area contributed by atoms with Gasteiger partial charge in [0.15, 0.2) is 11.1 Å². The van der Waals surface area contributed by atoms with Crippen molar-refractivity contribution in [3.8, 4) is 0 Å². The van der Waals surface area contributed by atoms with Crippen LogP contribution in [-0.4, -0.2) is 45.1 Å². The highest BCUT2D eigenvalue weighted by Gasteiger charge is 2.23. The van der Waals surface area contributed by atoms with E-state index in [-0.39, 0.29) is 0 Å². The molecule has 146 valence electrons. The molecule has 0 atom stereocenters. The van der Waals surface area contributed by atoms with E-state index in [0.717, 1.165) is 42.5 Å². The fourth-order valence-corrected chi connectivity index (χ4v) is 4.08. The van der Waals surface area contributed by atoms with Crippen molar-refractivity contribution in [3.05, 3.63) is 35.9 Å². The third kappa shape index (κ3) is 5.69. The van der Waals surface area contributed by atoms with E-state index in [1.165, 1.54) is 25.7 Å². The van der Waals surface area contributed by atoms with Crippen LogP contribution < -0.4 is 11.1 Å². The van der Waals surface area contributed by atoms with E-state index in [0.29, 0.717) is 18.5 Å². The highest BCUT2D eigenvalue weighted by molar-refractivity contribution is 7.98. The summed E-state index contributed by atoms with van der Waals surface area (Å²) in [5.41, 5.74) is 7.00. The van der Waals surface area contributed by atoms with Gasteiger partial charge >= 0.3 is 0 Å². The molecule has 1 aliphatic rings. The van der Waals surface area contributed by atoms with E-state index < -0.39 is 0 Å². The predicted molar refractivity (Wildman–Crippen MR) is 110 cm³/mol. The van der Waals surface area contributed by atoms with Gasteiger partial charge in [-0.1, -0.05) is 30.7 Å². The Morgan fingerprint density at radius 3 is 2.89 bits per heavy atom. The van der Waals surface area contributed by atoms with E-state index >= 15 is 0 Å². The average molecular weight is 388 g/mol. The van der Waals surface area contributed by atoms with Gasteiger partial charge in [0.25, 0.3) is 0 Å². The van der Waals surface area contributed by atoms with Gasteiger partial charge < -0.3 is 15.6 Å². The average Bonchev–Trinajstić information content (AvgIpc) is 3.35. The Bertz CT molecular complexity index is 723. The van der Waals surface area contributed by atoms with Gasteiger partial charge in [0, 0.05) is 43.9 Å². The van der Waals surface area contributed by atoms with E-state index in [2.05, 4.69) is 36.3 Å². The summed E-state index contributed by atoms with van der Waals surface area (Å²) in [5.74, 6) is 1.58. The molecule has 0 spiro atoms. The molecule has 1 aliphatic carbocycles. The molecule has 2 heterocycles. The number of hydrogen-bond donors (Lipinski definition) is 2. The maximum absolute atomic E-state index is 5.95. The first kappa shape index (κ1) is 19.7. The van der Waals surface area contributed by atoms with Crippen molar-refractivity contribution in [1.82, 2.24) is 25.1 Å². The van der Waals surface area contributed by atoms with Gasteiger partial charge in [0.05, 0.1) is 0 Å². The van der Waals surface area contributed by atoms with Crippen LogP contribution in [0.25, 0.3) is 0 Å². The lowest BCUT2D eigenvalue weighted by Crippen LogP contribution is -2.33. The third-order valence-electron chi connectivity index (χ3n) is 4.86. The summed E-state index contributed by atoms with van der Waals surface area (Å²) in [6.45, 7) is 1.42. The Kier molecular flexibility index (Phi) is 7.50. The number of aryl methyl sites for hydroxylation is 1. The van der Waals surface area contributed by atoms with Crippen molar-refractivity contribution >= 4 is 17.7 Å². The molecule has 8 heteroatoms. The molecule has 0 radical (unpaired) electrons. The van der Waals surface area contributed by atoms with Crippen LogP contribution in [0.3, 0.4) is 0 Å². The lowest BCUT2D eigenvalue weighted by atomic mass is 10.2. The molecule has 3 rings (SSSR count). The van der Waals surface area contributed by atoms with Crippen molar-refractivity contribution in [3.63, 3.8) is 0 Å². The summed E-state index contributed by atoms with van der Waals surface area (Å²) >= 11 is 1.68. The predicted octanol–water partition coefficient (Wildman–Crippen LogP) is 2.59. The standard InChI is InChI=1S/C19H29N7S/c1-27-19-25-24-17(26(19)16-8-2-3-9-16)10-6-13-22-18(20)23-14-11-15-7-4-5-12-21-15/h4-5,7,12,16H,2-3,6,8-11,13-14H2,1H3,(H3,20,22,23). The number of rotatable bonds is 9. The molecule has 7 nitrogen and oxygen atoms in total. The van der Waals surface area contributed by atoms with Gasteiger partial charge in [-0.3, -0.25) is 9.98 Å². The zero-order chi connectivity index (χ0) is 18.9. The second-order valence-electron chi connectivity index (χ2n) is 6.78. The highest BCUT2D eigenvalue weighted by Crippen LogP contribution is 2.33. The summed E-state index contributed by atoms with van der Waals surface area (Å²) in [5, 5.41) is 13.0. The first-order valence-corrected chi connectivity index (χ1v) is 10.9. The number of thioether (sulfide) groups is 1. The lowest BCUT2D eigenvalue weighted by Gasteiger charge is -2.16. The van der Waals surface area contributed by atoms with Crippen LogP contribution >= 0.6 is 11.8 Å². The van der Waals surface area contributed by atoms with Gasteiger partial charge in [-0.15, -0.1) is 10.2 Å². The van der Waals surface area contributed by atoms with Crippen LogP contribution in [0.1, 0.15) is 49.7 Å². The van der Waals surface area contributed by atoms with Crippen molar-refractivity contribution in [2.75, 3.05) is 19.3 Å². The first-order valence-electron chi connectivity index (χ1n) is 9.69. The number of aliphatic imine (C=N–C) groups is 1. The number of hydrogen-bond acceptors (Lipinski definition) is 5. The molecular weight excluding hydrogens is 358 g/mol. The van der Waals surface area contributed by atoms with E-state index in [1.54, 1.807) is 18.0 Å². The van der Waals surface area contributed by atoms with Gasteiger partial charge in [-0.25, -0.2) is 0 Å². The lowest BCUT2D eigenvalue weighted by molar-refractivity contribution is 0.461. The van der Waals surface area contributed by atoms with E-state index in [9.17, 15) is 0 Å². The van der Waals surface area contributed by atoms with Crippen LogP contribution in [0.4, 0.5) is 0 Å². The molecule has 0 amide bonds. The topological polar surface area (TPSA) is 94.0 Å². The number of nitrogens with one attached hydrogen (secondary N) is 1. The van der Waals surface area contributed by atoms with Gasteiger partial charge in [0.2, 0.25) is 0 Å². The van der Waals surface area contributed by atoms with Crippen molar-refractivity contribution < 1.29 is 0 Å². The molecule has 3 N–H and O–H groups in total. The number of aromatic nitrogens is 4. The summed E-state index contributed by atoms with van der Waals surface area (Å²) in [6, 6.07) is 6.49. The molecule has 0 aromatic carbocycles. The number of nitrogens with two attached hydrogens (primary N) is 1. The molecule has 0 saturated heterocycles. The number of nitrogens with zero attached hydrogens (tertiary/aromatic N) is 5. The maximum Gasteiger partial charge on any atom is 0.191 e. The normalized spacial score (nSPS) is 15.4. The molecule has 0 bridgehead atoms. The maximum atomic E-state index is 5.95. The smallest absolute Gasteiger partial charge is 0.191 e. The van der Waals surface area contributed by atoms with Crippen LogP contribution in [0.15, 0.2) is 34.5 Å². The van der Waals surface area contributed by atoms with Crippen molar-refractivity contribution in [1.29, 1.82) is 0 Å². The fraction of sp³-hybridized carbons (Fsp3) is 0.579. The summed E-state index contributed by atoms with van der Waals surface area (Å²) in [4.78, 5) is 8.72. The Morgan fingerprint density at radius 2 is 2.15 bits per heavy atom. The summed E-state index contributed by atoms with van der Waals surface area (Å²) in [7, 11) is 0. The van der Waals surface area contributed by atoms with Crippen molar-refractivity contribution in [2.45, 2.75) is 56.1 Å². The number of guanidine groups is 1. The molecule has 1 saturated carbocycles. The van der Waals surface area contributed by atoms with Gasteiger partial charge in [0.1, 0.15) is 5.82 Å². The minimum Gasteiger partial charge on any atom is -0.370 e. The first-order chi connectivity index (χ1) is 13.3. The Balaban J connectivity index is 1.43. The largest absolute Gasteiger partial charge is 0.370 e. The molecular formula is C19H29N7S. The van der Waals surface area contributed by atoms with E-state index in [4.69, 9.17) is 5.73 Å². The van der Waals surface area contributed by atoms with Crippen molar-refractivity contribution in [2.24, 2.45) is 10.7 Å². The van der Waals surface area contributed by atoms with Gasteiger partial charge in [-0.2, -0.15) is 0 Å². The second kappa shape index (κ2) is 10.3. The van der Waals surface area contributed by atoms with E-state index in [1.807, 2.05) is 18.2 Å².